The van der Waals surface area contributed by atoms with E-state index in [1.165, 1.54) is 24.3 Å². The molecule has 1 aliphatic carbocycles. The highest BCUT2D eigenvalue weighted by molar-refractivity contribution is 6.32. The van der Waals surface area contributed by atoms with Crippen molar-refractivity contribution in [3.05, 3.63) is 45.0 Å². The van der Waals surface area contributed by atoms with Gasteiger partial charge in [0.25, 0.3) is 11.6 Å². The monoisotopic (exact) mass is 377 g/mol. The Balaban J connectivity index is 1.88. The second-order valence-electron chi connectivity index (χ2n) is 5.86. The Hall–Kier alpha value is -2.92. The van der Waals surface area contributed by atoms with Crippen molar-refractivity contribution in [1.82, 2.24) is 5.32 Å². The normalized spacial score (nSPS) is 15.4. The van der Waals surface area contributed by atoms with E-state index in [0.717, 1.165) is 18.9 Å². The molecular weight excluding hydrogens is 362 g/mol. The maximum atomic E-state index is 11.8. The molecule has 1 fully saturated rings. The average Bonchev–Trinajstić information content (AvgIpc) is 3.08. The summed E-state index contributed by atoms with van der Waals surface area (Å²) < 4.78 is 4.82. The lowest BCUT2D eigenvalue weighted by Gasteiger charge is -2.21. The van der Waals surface area contributed by atoms with Crippen LogP contribution in [0.1, 0.15) is 31.2 Å². The highest BCUT2D eigenvalue weighted by atomic mass is 35.5. The van der Waals surface area contributed by atoms with Gasteiger partial charge in [0.1, 0.15) is 10.6 Å². The van der Waals surface area contributed by atoms with Crippen LogP contribution in [-0.2, 0) is 14.3 Å². The van der Waals surface area contributed by atoms with Crippen LogP contribution in [0.4, 0.5) is 5.69 Å². The van der Waals surface area contributed by atoms with Gasteiger partial charge in [-0.15, -0.1) is 0 Å². The minimum atomic E-state index is -0.873. The van der Waals surface area contributed by atoms with Gasteiger partial charge in [-0.3, -0.25) is 14.9 Å². The van der Waals surface area contributed by atoms with Crippen LogP contribution in [0.2, 0.25) is 5.02 Å². The summed E-state index contributed by atoms with van der Waals surface area (Å²) in [7, 11) is 0. The molecule has 9 heteroatoms. The number of nitro groups is 1. The van der Waals surface area contributed by atoms with Crippen molar-refractivity contribution in [2.45, 2.75) is 31.2 Å². The smallest absolute Gasteiger partial charge is 0.331 e. The Morgan fingerprint density at radius 1 is 1.42 bits per heavy atom. The van der Waals surface area contributed by atoms with Gasteiger partial charge in [-0.05, 0) is 43.4 Å². The number of hydrogen-bond acceptors (Lipinski definition) is 6. The second kappa shape index (κ2) is 8.45. The van der Waals surface area contributed by atoms with E-state index in [0.29, 0.717) is 18.4 Å². The van der Waals surface area contributed by atoms with Gasteiger partial charge >= 0.3 is 5.97 Å². The number of nitro benzene ring substituents is 1. The average molecular weight is 378 g/mol. The first-order valence-electron chi connectivity index (χ1n) is 7.86. The molecular formula is C17H16ClN3O5. The van der Waals surface area contributed by atoms with Gasteiger partial charge < -0.3 is 10.1 Å². The fraction of sp³-hybridized carbons (Fsp3) is 0.353. The van der Waals surface area contributed by atoms with E-state index in [9.17, 15) is 25.0 Å². The second-order valence-corrected chi connectivity index (χ2v) is 6.27. The number of halogens is 1. The molecule has 0 aliphatic heterocycles. The van der Waals surface area contributed by atoms with Crippen molar-refractivity contribution in [2.75, 3.05) is 6.61 Å². The Morgan fingerprint density at radius 2 is 2.12 bits per heavy atom. The van der Waals surface area contributed by atoms with Crippen LogP contribution in [0.5, 0.6) is 0 Å². The van der Waals surface area contributed by atoms with Crippen LogP contribution in [0.3, 0.4) is 0 Å². The molecule has 8 nitrogen and oxygen atoms in total. The van der Waals surface area contributed by atoms with E-state index in [-0.39, 0.29) is 10.7 Å². The summed E-state index contributed by atoms with van der Waals surface area (Å²) in [6, 6.07) is 6.18. The molecule has 0 bridgehead atoms. The summed E-state index contributed by atoms with van der Waals surface area (Å²) in [5.74, 6) is -1.33. The third-order valence-corrected chi connectivity index (χ3v) is 4.29. The number of nitrogens with one attached hydrogen (secondary N) is 1. The number of benzene rings is 1. The number of hydrogen-bond donors (Lipinski definition) is 1. The third-order valence-electron chi connectivity index (χ3n) is 3.97. The standard InChI is InChI=1S/C17H16ClN3O5/c18-13-5-3-12(9-14(13)21(24)25)4-6-16(23)26-10-15(22)20-17(11-19)7-1-2-8-17/h3-6,9H,1-2,7-8,10H2,(H,20,22)/b6-4+. The maximum absolute atomic E-state index is 11.8. The van der Waals surface area contributed by atoms with Crippen LogP contribution in [0.15, 0.2) is 24.3 Å². The van der Waals surface area contributed by atoms with Gasteiger partial charge in [0.15, 0.2) is 6.61 Å². The molecule has 0 atom stereocenters. The molecule has 0 aromatic heterocycles. The molecule has 0 saturated heterocycles. The topological polar surface area (TPSA) is 122 Å². The Labute approximate surface area is 154 Å². The Kier molecular flexibility index (Phi) is 6.31. The maximum Gasteiger partial charge on any atom is 0.331 e. The number of esters is 1. The van der Waals surface area contributed by atoms with Gasteiger partial charge in [-0.25, -0.2) is 4.79 Å². The largest absolute Gasteiger partial charge is 0.452 e. The fourth-order valence-electron chi connectivity index (χ4n) is 2.67. The summed E-state index contributed by atoms with van der Waals surface area (Å²) in [5, 5.41) is 22.6. The number of amides is 1. The van der Waals surface area contributed by atoms with E-state index in [1.807, 2.05) is 0 Å². The number of carbonyl (C=O) groups excluding carboxylic acids is 2. The van der Waals surface area contributed by atoms with E-state index >= 15 is 0 Å². The quantitative estimate of drug-likeness (QED) is 0.352. The Bertz CT molecular complexity index is 794. The van der Waals surface area contributed by atoms with Crippen LogP contribution < -0.4 is 5.32 Å². The SMILES string of the molecule is N#CC1(NC(=O)COC(=O)/C=C/c2ccc(Cl)c([N+](=O)[O-])c2)CCCC1. The predicted molar refractivity (Wildman–Crippen MR) is 93.1 cm³/mol. The summed E-state index contributed by atoms with van der Waals surface area (Å²) in [6.45, 7) is -0.507. The van der Waals surface area contributed by atoms with Crippen molar-refractivity contribution in [3.63, 3.8) is 0 Å². The number of nitrogens with zero attached hydrogens (tertiary/aromatic N) is 2. The molecule has 1 N–H and O–H groups in total. The highest BCUT2D eigenvalue weighted by Crippen LogP contribution is 2.28. The molecule has 0 radical (unpaired) electrons. The summed E-state index contributed by atoms with van der Waals surface area (Å²) >= 11 is 5.71. The van der Waals surface area contributed by atoms with Gasteiger partial charge in [-0.2, -0.15) is 5.26 Å². The minimum absolute atomic E-state index is 0.00951. The van der Waals surface area contributed by atoms with Crippen LogP contribution in [0.25, 0.3) is 6.08 Å². The molecule has 1 aliphatic rings. The fourth-order valence-corrected chi connectivity index (χ4v) is 2.86. The first-order chi connectivity index (χ1) is 12.3. The third kappa shape index (κ3) is 5.04. The highest BCUT2D eigenvalue weighted by Gasteiger charge is 2.35. The zero-order valence-corrected chi connectivity index (χ0v) is 14.5. The van der Waals surface area contributed by atoms with Crippen LogP contribution >= 0.6 is 11.6 Å². The van der Waals surface area contributed by atoms with Crippen LogP contribution in [0, 0.1) is 21.4 Å². The van der Waals surface area contributed by atoms with E-state index in [2.05, 4.69) is 11.4 Å². The number of carbonyl (C=O) groups is 2. The van der Waals surface area contributed by atoms with E-state index in [1.54, 1.807) is 0 Å². The molecule has 136 valence electrons. The number of ether oxygens (including phenoxy) is 1. The lowest BCUT2D eigenvalue weighted by molar-refractivity contribution is -0.384. The zero-order valence-electron chi connectivity index (χ0n) is 13.7. The van der Waals surface area contributed by atoms with Crippen molar-refractivity contribution < 1.29 is 19.2 Å². The van der Waals surface area contributed by atoms with Gasteiger partial charge in [0.2, 0.25) is 0 Å². The van der Waals surface area contributed by atoms with Gasteiger partial charge in [0.05, 0.1) is 11.0 Å². The zero-order chi connectivity index (χ0) is 19.2. The van der Waals surface area contributed by atoms with Gasteiger partial charge in [0, 0.05) is 12.1 Å². The molecule has 26 heavy (non-hydrogen) atoms. The molecule has 1 aromatic carbocycles. The molecule has 0 unspecified atom stereocenters. The van der Waals surface area contributed by atoms with E-state index < -0.39 is 28.9 Å². The summed E-state index contributed by atoms with van der Waals surface area (Å²) in [4.78, 5) is 33.7. The molecule has 1 aromatic rings. The molecule has 2 rings (SSSR count). The van der Waals surface area contributed by atoms with Crippen LogP contribution in [-0.4, -0.2) is 28.9 Å². The first kappa shape index (κ1) is 19.4. The number of rotatable bonds is 6. The summed E-state index contributed by atoms with van der Waals surface area (Å²) in [6.07, 6.45) is 5.26. The summed E-state index contributed by atoms with van der Waals surface area (Å²) in [5.41, 5.74) is -0.765. The number of nitriles is 1. The Morgan fingerprint density at radius 3 is 2.73 bits per heavy atom. The first-order valence-corrected chi connectivity index (χ1v) is 8.24. The lowest BCUT2D eigenvalue weighted by atomic mass is 10.00. The van der Waals surface area contributed by atoms with Crippen molar-refractivity contribution in [2.24, 2.45) is 0 Å². The van der Waals surface area contributed by atoms with Crippen molar-refractivity contribution >= 4 is 35.2 Å². The van der Waals surface area contributed by atoms with Crippen molar-refractivity contribution in [3.8, 4) is 6.07 Å². The van der Waals surface area contributed by atoms with E-state index in [4.69, 9.17) is 16.3 Å². The predicted octanol–water partition coefficient (Wildman–Crippen LogP) is 2.76. The molecule has 0 heterocycles. The lowest BCUT2D eigenvalue weighted by Crippen LogP contribution is -2.46. The minimum Gasteiger partial charge on any atom is -0.452 e. The van der Waals surface area contributed by atoms with Gasteiger partial charge in [-0.1, -0.05) is 17.7 Å². The molecule has 0 spiro atoms. The van der Waals surface area contributed by atoms with Crippen molar-refractivity contribution in [1.29, 1.82) is 5.26 Å². The molecule has 1 saturated carbocycles. The molecule has 1 amide bonds.